The summed E-state index contributed by atoms with van der Waals surface area (Å²) in [5.41, 5.74) is 0.435. The quantitative estimate of drug-likeness (QED) is 0.537. The summed E-state index contributed by atoms with van der Waals surface area (Å²) in [5, 5.41) is 19.6. The number of amides is 1. The number of carbonyl (C=O) groups is 1. The molecule has 3 aromatic rings. The molecule has 11 nitrogen and oxygen atoms in total. The maximum absolute atomic E-state index is 14.0. The number of benzene rings is 1. The number of piperazine rings is 1. The number of carbonyl (C=O) groups excluding carboxylic acids is 1. The van der Waals surface area contributed by atoms with Crippen molar-refractivity contribution in [2.75, 3.05) is 32.8 Å². The summed E-state index contributed by atoms with van der Waals surface area (Å²) in [7, 11) is 0. The lowest BCUT2D eigenvalue weighted by molar-refractivity contribution is -0.139. The van der Waals surface area contributed by atoms with E-state index in [9.17, 15) is 13.6 Å². The first kappa shape index (κ1) is 21.9. The number of rotatable bonds is 4. The van der Waals surface area contributed by atoms with Gasteiger partial charge in [-0.25, -0.2) is 18.7 Å². The Kier molecular flexibility index (Phi) is 5.91. The molecule has 13 heteroatoms. The van der Waals surface area contributed by atoms with E-state index in [4.69, 9.17) is 10.00 Å². The smallest absolute Gasteiger partial charge is 0.253 e. The zero-order valence-corrected chi connectivity index (χ0v) is 17.9. The number of tetrazole rings is 1. The Morgan fingerprint density at radius 1 is 1.18 bits per heavy atom. The average Bonchev–Trinajstić information content (AvgIpc) is 3.39. The first-order valence-corrected chi connectivity index (χ1v) is 10.6. The topological polar surface area (TPSA) is 126 Å². The highest BCUT2D eigenvalue weighted by Crippen LogP contribution is 2.29. The Morgan fingerprint density at radius 3 is 2.62 bits per heavy atom. The van der Waals surface area contributed by atoms with Gasteiger partial charge < -0.3 is 9.64 Å². The molecule has 174 valence electrons. The molecule has 1 amide bonds. The summed E-state index contributed by atoms with van der Waals surface area (Å²) in [6.07, 6.45) is 4.18. The number of nitrogens with zero attached hydrogens (tertiary/aromatic N) is 9. The van der Waals surface area contributed by atoms with Gasteiger partial charge in [-0.15, -0.1) is 5.10 Å². The minimum atomic E-state index is -0.895. The SMILES string of the molecule is N#Cc1c(F)cc([C@@H]2CN3CCN(C(=O)Cc4cnc(-n5cnnn5)nc4)C[C@@H]3CO2)cc1F. The highest BCUT2D eigenvalue weighted by atomic mass is 19.1. The van der Waals surface area contributed by atoms with E-state index in [0.29, 0.717) is 49.9 Å². The third kappa shape index (κ3) is 4.33. The maximum atomic E-state index is 14.0. The van der Waals surface area contributed by atoms with Crippen molar-refractivity contribution in [3.05, 3.63) is 59.2 Å². The molecule has 2 aliphatic heterocycles. The third-order valence-electron chi connectivity index (χ3n) is 6.00. The normalized spacial score (nSPS) is 20.6. The van der Waals surface area contributed by atoms with Crippen molar-refractivity contribution in [1.29, 1.82) is 5.26 Å². The van der Waals surface area contributed by atoms with Crippen molar-refractivity contribution in [3.63, 3.8) is 0 Å². The van der Waals surface area contributed by atoms with Gasteiger partial charge in [0.15, 0.2) is 0 Å². The number of morpholine rings is 1. The lowest BCUT2D eigenvalue weighted by Crippen LogP contribution is -2.59. The zero-order valence-electron chi connectivity index (χ0n) is 17.9. The molecule has 2 aliphatic rings. The van der Waals surface area contributed by atoms with Gasteiger partial charge in [0.2, 0.25) is 5.91 Å². The van der Waals surface area contributed by atoms with Crippen LogP contribution in [0.3, 0.4) is 0 Å². The molecular weight excluding hydrogens is 448 g/mol. The second-order valence-electron chi connectivity index (χ2n) is 8.10. The van der Waals surface area contributed by atoms with Crippen LogP contribution < -0.4 is 0 Å². The highest BCUT2D eigenvalue weighted by Gasteiger charge is 2.36. The standard InChI is InChI=1S/C21H19F2N9O2/c22-17-4-14(5-18(23)16(17)6-24)19-10-30-1-2-31(9-15(30)11-34-19)20(33)3-13-7-25-21(26-8-13)32-12-27-28-29-32/h4-5,7-8,12,15,19H,1-3,9-11H2/t15-,19+/m1/s1. The Morgan fingerprint density at radius 2 is 1.94 bits per heavy atom. The Balaban J connectivity index is 1.18. The summed E-state index contributed by atoms with van der Waals surface area (Å²) >= 11 is 0. The van der Waals surface area contributed by atoms with E-state index < -0.39 is 23.3 Å². The summed E-state index contributed by atoms with van der Waals surface area (Å²) in [6, 6.07) is 3.82. The largest absolute Gasteiger partial charge is 0.370 e. The van der Waals surface area contributed by atoms with Crippen LogP contribution in [0.1, 0.15) is 22.8 Å². The van der Waals surface area contributed by atoms with Crippen LogP contribution in [-0.4, -0.2) is 84.7 Å². The van der Waals surface area contributed by atoms with E-state index in [-0.39, 0.29) is 18.4 Å². The second kappa shape index (κ2) is 9.16. The Bertz CT molecular complexity index is 1210. The molecule has 0 radical (unpaired) electrons. The van der Waals surface area contributed by atoms with E-state index in [2.05, 4.69) is 30.4 Å². The van der Waals surface area contributed by atoms with Gasteiger partial charge in [0, 0.05) is 38.6 Å². The van der Waals surface area contributed by atoms with E-state index in [1.165, 1.54) is 17.1 Å². The molecule has 5 rings (SSSR count). The molecule has 1 aromatic carbocycles. The van der Waals surface area contributed by atoms with Crippen molar-refractivity contribution in [2.45, 2.75) is 18.6 Å². The molecule has 0 saturated carbocycles. The number of nitriles is 1. The molecule has 2 saturated heterocycles. The first-order valence-electron chi connectivity index (χ1n) is 10.6. The zero-order chi connectivity index (χ0) is 23.7. The van der Waals surface area contributed by atoms with Crippen LogP contribution in [0, 0.1) is 23.0 Å². The molecule has 2 fully saturated rings. The summed E-state index contributed by atoms with van der Waals surface area (Å²) in [4.78, 5) is 25.2. The minimum absolute atomic E-state index is 0.0135. The van der Waals surface area contributed by atoms with Crippen molar-refractivity contribution < 1.29 is 18.3 Å². The van der Waals surface area contributed by atoms with Gasteiger partial charge in [-0.05, 0) is 33.7 Å². The van der Waals surface area contributed by atoms with Gasteiger partial charge in [-0.1, -0.05) is 0 Å². The summed E-state index contributed by atoms with van der Waals surface area (Å²) in [5.74, 6) is -1.52. The van der Waals surface area contributed by atoms with Crippen LogP contribution >= 0.6 is 0 Å². The average molecular weight is 467 g/mol. The summed E-state index contributed by atoms with van der Waals surface area (Å²) in [6.45, 7) is 2.41. The van der Waals surface area contributed by atoms with Crippen LogP contribution in [-0.2, 0) is 16.0 Å². The molecule has 0 aliphatic carbocycles. The molecule has 34 heavy (non-hydrogen) atoms. The third-order valence-corrected chi connectivity index (χ3v) is 6.00. The van der Waals surface area contributed by atoms with Gasteiger partial charge in [-0.2, -0.15) is 9.94 Å². The molecule has 0 bridgehead atoms. The highest BCUT2D eigenvalue weighted by molar-refractivity contribution is 5.78. The van der Waals surface area contributed by atoms with E-state index in [0.717, 1.165) is 12.1 Å². The fourth-order valence-corrected chi connectivity index (χ4v) is 4.19. The minimum Gasteiger partial charge on any atom is -0.370 e. The van der Waals surface area contributed by atoms with Gasteiger partial charge in [0.1, 0.15) is 29.6 Å². The number of hydrogen-bond donors (Lipinski definition) is 0. The fraction of sp³-hybridized carbons (Fsp3) is 0.381. The molecular formula is C21H19F2N9O2. The van der Waals surface area contributed by atoms with Crippen LogP contribution in [0.15, 0.2) is 30.9 Å². The van der Waals surface area contributed by atoms with Crippen LogP contribution in [0.5, 0.6) is 0 Å². The Hall–Kier alpha value is -3.89. The van der Waals surface area contributed by atoms with Crippen LogP contribution in [0.4, 0.5) is 8.78 Å². The van der Waals surface area contributed by atoms with Crippen molar-refractivity contribution >= 4 is 5.91 Å². The lowest BCUT2D eigenvalue weighted by Gasteiger charge is -2.46. The van der Waals surface area contributed by atoms with Crippen molar-refractivity contribution in [2.24, 2.45) is 0 Å². The van der Waals surface area contributed by atoms with Crippen LogP contribution in [0.2, 0.25) is 0 Å². The number of aromatic nitrogens is 6. The predicted molar refractivity (Wildman–Crippen MR) is 110 cm³/mol. The van der Waals surface area contributed by atoms with E-state index in [1.54, 1.807) is 17.3 Å². The molecule has 2 aromatic heterocycles. The van der Waals surface area contributed by atoms with Gasteiger partial charge in [0.05, 0.1) is 25.2 Å². The lowest BCUT2D eigenvalue weighted by atomic mass is 10.0. The fourth-order valence-electron chi connectivity index (χ4n) is 4.19. The molecule has 4 heterocycles. The molecule has 2 atom stereocenters. The van der Waals surface area contributed by atoms with E-state index in [1.807, 2.05) is 0 Å². The van der Waals surface area contributed by atoms with Gasteiger partial charge in [0.25, 0.3) is 5.95 Å². The number of hydrogen-bond acceptors (Lipinski definition) is 9. The molecule has 0 spiro atoms. The number of halogens is 2. The molecule has 0 N–H and O–H groups in total. The van der Waals surface area contributed by atoms with Gasteiger partial charge >= 0.3 is 0 Å². The number of ether oxygens (including phenoxy) is 1. The monoisotopic (exact) mass is 467 g/mol. The molecule has 0 unspecified atom stereocenters. The van der Waals surface area contributed by atoms with Crippen molar-refractivity contribution in [3.8, 4) is 12.0 Å². The maximum Gasteiger partial charge on any atom is 0.253 e. The summed E-state index contributed by atoms with van der Waals surface area (Å²) < 4.78 is 35.2. The van der Waals surface area contributed by atoms with Crippen molar-refractivity contribution in [1.82, 2.24) is 40.0 Å². The van der Waals surface area contributed by atoms with Gasteiger partial charge in [-0.3, -0.25) is 9.69 Å². The predicted octanol–water partition coefficient (Wildman–Crippen LogP) is 0.429. The second-order valence-corrected chi connectivity index (χ2v) is 8.10. The number of fused-ring (bicyclic) bond motifs is 1. The Labute approximate surface area is 192 Å². The van der Waals surface area contributed by atoms with E-state index >= 15 is 0 Å². The van der Waals surface area contributed by atoms with Crippen LogP contribution in [0.25, 0.3) is 5.95 Å². The first-order chi connectivity index (χ1) is 16.5.